The van der Waals surface area contributed by atoms with Crippen molar-refractivity contribution in [1.82, 2.24) is 19.9 Å². The molecule has 0 saturated carbocycles. The lowest BCUT2D eigenvalue weighted by Gasteiger charge is -1.95. The van der Waals surface area contributed by atoms with Gasteiger partial charge in [-0.15, -0.1) is 0 Å². The van der Waals surface area contributed by atoms with E-state index in [1.54, 1.807) is 6.07 Å². The van der Waals surface area contributed by atoms with Crippen LogP contribution in [0, 0.1) is 5.82 Å². The summed E-state index contributed by atoms with van der Waals surface area (Å²) in [7, 11) is 0. The van der Waals surface area contributed by atoms with Gasteiger partial charge in [0.1, 0.15) is 17.2 Å². The van der Waals surface area contributed by atoms with Crippen LogP contribution >= 0.6 is 0 Å². The molecule has 0 bridgehead atoms. The van der Waals surface area contributed by atoms with Gasteiger partial charge in [0, 0.05) is 5.56 Å². The second-order valence-corrected chi connectivity index (χ2v) is 3.73. The van der Waals surface area contributed by atoms with Crippen LogP contribution in [0.5, 0.6) is 0 Å². The molecular formula is C11H7FN4O2. The second kappa shape index (κ2) is 3.66. The number of nitrogens with one attached hydrogen (secondary N) is 3. The molecule has 0 amide bonds. The van der Waals surface area contributed by atoms with Gasteiger partial charge in [-0.05, 0) is 12.1 Å². The molecule has 2 heterocycles. The van der Waals surface area contributed by atoms with Crippen molar-refractivity contribution in [3.63, 3.8) is 0 Å². The van der Waals surface area contributed by atoms with Gasteiger partial charge in [-0.3, -0.25) is 14.8 Å². The fourth-order valence-electron chi connectivity index (χ4n) is 1.70. The van der Waals surface area contributed by atoms with E-state index in [-0.39, 0.29) is 11.2 Å². The number of benzene rings is 1. The van der Waals surface area contributed by atoms with Crippen LogP contribution in [0.3, 0.4) is 0 Å². The average molecular weight is 246 g/mol. The number of fused-ring (bicyclic) bond motifs is 1. The largest absolute Gasteiger partial charge is 0.332 e. The lowest BCUT2D eigenvalue weighted by Crippen LogP contribution is -2.21. The van der Waals surface area contributed by atoms with Gasteiger partial charge in [0.2, 0.25) is 0 Å². The second-order valence-electron chi connectivity index (χ2n) is 3.73. The van der Waals surface area contributed by atoms with Gasteiger partial charge < -0.3 is 4.98 Å². The van der Waals surface area contributed by atoms with Crippen LogP contribution in [0.25, 0.3) is 22.6 Å². The molecule has 0 radical (unpaired) electrons. The lowest BCUT2D eigenvalue weighted by molar-refractivity contribution is 0.628. The van der Waals surface area contributed by atoms with Crippen molar-refractivity contribution in [2.45, 2.75) is 0 Å². The highest BCUT2D eigenvalue weighted by atomic mass is 19.1. The molecule has 1 aromatic carbocycles. The van der Waals surface area contributed by atoms with Gasteiger partial charge in [0.25, 0.3) is 5.56 Å². The zero-order chi connectivity index (χ0) is 12.7. The molecule has 0 aliphatic heterocycles. The van der Waals surface area contributed by atoms with Crippen LogP contribution in [0.2, 0.25) is 0 Å². The van der Waals surface area contributed by atoms with Gasteiger partial charge in [-0.25, -0.2) is 14.2 Å². The average Bonchev–Trinajstić information content (AvgIpc) is 2.73. The zero-order valence-corrected chi connectivity index (χ0v) is 8.95. The Balaban J connectivity index is 2.29. The highest BCUT2D eigenvalue weighted by molar-refractivity contribution is 5.74. The predicted molar refractivity (Wildman–Crippen MR) is 62.7 cm³/mol. The van der Waals surface area contributed by atoms with E-state index >= 15 is 0 Å². The molecule has 0 saturated heterocycles. The first-order valence-electron chi connectivity index (χ1n) is 5.12. The van der Waals surface area contributed by atoms with Crippen LogP contribution < -0.4 is 11.2 Å². The van der Waals surface area contributed by atoms with E-state index in [1.807, 2.05) is 0 Å². The summed E-state index contributed by atoms with van der Waals surface area (Å²) in [6.07, 6.45) is 0. The van der Waals surface area contributed by atoms with E-state index in [9.17, 15) is 14.0 Å². The minimum Gasteiger partial charge on any atom is -0.332 e. The quantitative estimate of drug-likeness (QED) is 0.591. The first-order valence-corrected chi connectivity index (χ1v) is 5.12. The highest BCUT2D eigenvalue weighted by Crippen LogP contribution is 2.17. The van der Waals surface area contributed by atoms with Crippen LogP contribution in [0.15, 0.2) is 33.9 Å². The molecule has 0 unspecified atom stereocenters. The van der Waals surface area contributed by atoms with Gasteiger partial charge in [-0.1, -0.05) is 12.1 Å². The van der Waals surface area contributed by atoms with Gasteiger partial charge >= 0.3 is 5.69 Å². The molecule has 0 fully saturated rings. The minimum absolute atomic E-state index is 0.142. The SMILES string of the molecule is O=c1[nH]c(=O)c2[nH]c(-c3cccc(F)c3)nc2[nH]1. The van der Waals surface area contributed by atoms with E-state index in [2.05, 4.69) is 19.9 Å². The molecule has 3 rings (SSSR count). The summed E-state index contributed by atoms with van der Waals surface area (Å²) < 4.78 is 13.1. The maximum Gasteiger partial charge on any atom is 0.327 e. The maximum absolute atomic E-state index is 13.1. The number of rotatable bonds is 1. The summed E-state index contributed by atoms with van der Waals surface area (Å²) in [4.78, 5) is 33.8. The van der Waals surface area contributed by atoms with E-state index in [0.717, 1.165) is 0 Å². The third-order valence-corrected chi connectivity index (χ3v) is 2.49. The topological polar surface area (TPSA) is 94.4 Å². The predicted octanol–water partition coefficient (Wildman–Crippen LogP) is 0.746. The normalized spacial score (nSPS) is 10.9. The van der Waals surface area contributed by atoms with Gasteiger partial charge in [-0.2, -0.15) is 0 Å². The van der Waals surface area contributed by atoms with Gasteiger partial charge in [0.05, 0.1) is 0 Å². The molecule has 90 valence electrons. The maximum atomic E-state index is 13.1. The molecule has 0 aliphatic rings. The first-order chi connectivity index (χ1) is 8.63. The summed E-state index contributed by atoms with van der Waals surface area (Å²) in [5, 5.41) is 0. The molecule has 0 spiro atoms. The molecule has 0 atom stereocenters. The van der Waals surface area contributed by atoms with Crippen molar-refractivity contribution in [3.05, 3.63) is 50.9 Å². The number of aromatic amines is 3. The Hall–Kier alpha value is -2.70. The molecule has 0 aliphatic carbocycles. The molecule has 7 heteroatoms. The van der Waals surface area contributed by atoms with Crippen LogP contribution in [0.4, 0.5) is 4.39 Å². The van der Waals surface area contributed by atoms with Crippen molar-refractivity contribution >= 4 is 11.2 Å². The molecular weight excluding hydrogens is 239 g/mol. The third-order valence-electron chi connectivity index (χ3n) is 2.49. The Bertz CT molecular complexity index is 846. The highest BCUT2D eigenvalue weighted by Gasteiger charge is 2.09. The van der Waals surface area contributed by atoms with E-state index in [4.69, 9.17) is 0 Å². The van der Waals surface area contributed by atoms with Crippen molar-refractivity contribution in [3.8, 4) is 11.4 Å². The summed E-state index contributed by atoms with van der Waals surface area (Å²) in [5.74, 6) is -0.0905. The van der Waals surface area contributed by atoms with Crippen molar-refractivity contribution in [1.29, 1.82) is 0 Å². The number of aromatic nitrogens is 4. The Labute approximate surface area is 98.5 Å². The molecule has 2 aromatic heterocycles. The molecule has 6 nitrogen and oxygen atoms in total. The molecule has 18 heavy (non-hydrogen) atoms. The Morgan fingerprint density at radius 2 is 1.94 bits per heavy atom. The van der Waals surface area contributed by atoms with E-state index in [0.29, 0.717) is 11.4 Å². The summed E-state index contributed by atoms with van der Waals surface area (Å²) in [6.45, 7) is 0. The number of nitrogens with zero attached hydrogens (tertiary/aromatic N) is 1. The summed E-state index contributed by atoms with van der Waals surface area (Å²) in [6, 6.07) is 5.77. The Morgan fingerprint density at radius 1 is 1.11 bits per heavy atom. The van der Waals surface area contributed by atoms with E-state index in [1.165, 1.54) is 18.2 Å². The van der Waals surface area contributed by atoms with Gasteiger partial charge in [0.15, 0.2) is 5.65 Å². The number of H-pyrrole nitrogens is 3. The fourth-order valence-corrected chi connectivity index (χ4v) is 1.70. The van der Waals surface area contributed by atoms with Crippen molar-refractivity contribution < 1.29 is 4.39 Å². The minimum atomic E-state index is -0.634. The Kier molecular flexibility index (Phi) is 2.12. The summed E-state index contributed by atoms with van der Waals surface area (Å²) in [5.41, 5.74) is -0.419. The molecule has 3 aromatic rings. The standard InChI is InChI=1S/C11H7FN4O2/c12-6-3-1-2-5(4-6)8-13-7-9(14-8)15-11(18)16-10(7)17/h1-4H,(H3,13,14,15,16,17,18). The van der Waals surface area contributed by atoms with Crippen LogP contribution in [-0.4, -0.2) is 19.9 Å². The number of hydrogen-bond acceptors (Lipinski definition) is 3. The summed E-state index contributed by atoms with van der Waals surface area (Å²) >= 11 is 0. The number of halogens is 1. The smallest absolute Gasteiger partial charge is 0.327 e. The third kappa shape index (κ3) is 1.61. The van der Waals surface area contributed by atoms with Crippen LogP contribution in [0.1, 0.15) is 0 Å². The monoisotopic (exact) mass is 246 g/mol. The zero-order valence-electron chi connectivity index (χ0n) is 8.95. The fraction of sp³-hybridized carbons (Fsp3) is 0. The van der Waals surface area contributed by atoms with Crippen LogP contribution in [-0.2, 0) is 0 Å². The lowest BCUT2D eigenvalue weighted by atomic mass is 10.2. The Morgan fingerprint density at radius 3 is 2.72 bits per heavy atom. The number of imidazole rings is 1. The van der Waals surface area contributed by atoms with Crippen molar-refractivity contribution in [2.24, 2.45) is 0 Å². The molecule has 3 N–H and O–H groups in total. The first kappa shape index (κ1) is 10.5. The van der Waals surface area contributed by atoms with Crippen molar-refractivity contribution in [2.75, 3.05) is 0 Å². The van der Waals surface area contributed by atoms with E-state index < -0.39 is 17.1 Å². The number of hydrogen-bond donors (Lipinski definition) is 3.